The molecule has 25 heavy (non-hydrogen) atoms. The van der Waals surface area contributed by atoms with Gasteiger partial charge < -0.3 is 9.64 Å². The van der Waals surface area contributed by atoms with Crippen molar-refractivity contribution in [2.24, 2.45) is 0 Å². The Hall–Kier alpha value is -2.53. The first-order chi connectivity index (χ1) is 12.2. The first-order valence-corrected chi connectivity index (χ1v) is 8.73. The van der Waals surface area contributed by atoms with E-state index in [0.29, 0.717) is 0 Å². The van der Waals surface area contributed by atoms with Gasteiger partial charge in [-0.3, -0.25) is 9.80 Å². The van der Waals surface area contributed by atoms with Crippen LogP contribution in [-0.2, 0) is 6.54 Å². The summed E-state index contributed by atoms with van der Waals surface area (Å²) in [6.45, 7) is 4.25. The van der Waals surface area contributed by atoms with Gasteiger partial charge in [-0.15, -0.1) is 0 Å². The van der Waals surface area contributed by atoms with E-state index in [1.54, 1.807) is 7.11 Å². The molecule has 2 aliphatic rings. The van der Waals surface area contributed by atoms with Crippen molar-refractivity contribution in [1.29, 1.82) is 0 Å². The first-order valence-electron chi connectivity index (χ1n) is 8.73. The fourth-order valence-corrected chi connectivity index (χ4v) is 3.77. The van der Waals surface area contributed by atoms with E-state index in [9.17, 15) is 4.79 Å². The number of piperazine rings is 1. The van der Waals surface area contributed by atoms with Crippen LogP contribution in [0.4, 0.5) is 10.5 Å². The summed E-state index contributed by atoms with van der Waals surface area (Å²) in [6.07, 6.45) is 0. The number of para-hydroxylation sites is 1. The lowest BCUT2D eigenvalue weighted by molar-refractivity contribution is 0.116. The SMILES string of the molecule is COc1cccc(CN2CCN3C(=O)N(c4ccccc4)CC3C2)c1. The predicted molar refractivity (Wildman–Crippen MR) is 97.9 cm³/mol. The molecule has 0 saturated carbocycles. The lowest BCUT2D eigenvalue weighted by Crippen LogP contribution is -2.51. The van der Waals surface area contributed by atoms with E-state index in [0.717, 1.165) is 44.2 Å². The Kier molecular flexibility index (Phi) is 4.32. The smallest absolute Gasteiger partial charge is 0.324 e. The number of hydrogen-bond acceptors (Lipinski definition) is 3. The maximum absolute atomic E-state index is 12.7. The molecule has 0 aromatic heterocycles. The first kappa shape index (κ1) is 16.0. The number of rotatable bonds is 4. The third-order valence-corrected chi connectivity index (χ3v) is 5.04. The van der Waals surface area contributed by atoms with Gasteiger partial charge in [-0.25, -0.2) is 4.79 Å². The van der Waals surface area contributed by atoms with Crippen molar-refractivity contribution in [1.82, 2.24) is 9.80 Å². The highest BCUT2D eigenvalue weighted by molar-refractivity contribution is 5.94. The molecule has 130 valence electrons. The molecule has 2 aromatic carbocycles. The van der Waals surface area contributed by atoms with Crippen LogP contribution >= 0.6 is 0 Å². The fourth-order valence-electron chi connectivity index (χ4n) is 3.77. The third-order valence-electron chi connectivity index (χ3n) is 5.04. The fraction of sp³-hybridized carbons (Fsp3) is 0.350. The maximum Gasteiger partial charge on any atom is 0.324 e. The number of fused-ring (bicyclic) bond motifs is 1. The molecular formula is C20H23N3O2. The summed E-state index contributed by atoms with van der Waals surface area (Å²) in [7, 11) is 1.69. The van der Waals surface area contributed by atoms with Crippen molar-refractivity contribution in [3.05, 3.63) is 60.2 Å². The van der Waals surface area contributed by atoms with Crippen molar-refractivity contribution in [2.75, 3.05) is 38.2 Å². The van der Waals surface area contributed by atoms with E-state index >= 15 is 0 Å². The van der Waals surface area contributed by atoms with Crippen molar-refractivity contribution in [2.45, 2.75) is 12.6 Å². The van der Waals surface area contributed by atoms with Crippen LogP contribution < -0.4 is 9.64 Å². The normalized spacial score (nSPS) is 20.7. The van der Waals surface area contributed by atoms with Crippen LogP contribution in [0.25, 0.3) is 0 Å². The average molecular weight is 337 g/mol. The van der Waals surface area contributed by atoms with Gasteiger partial charge in [0.15, 0.2) is 0 Å². The second-order valence-corrected chi connectivity index (χ2v) is 6.66. The third kappa shape index (κ3) is 3.20. The molecule has 2 fully saturated rings. The predicted octanol–water partition coefficient (Wildman–Crippen LogP) is 2.82. The van der Waals surface area contributed by atoms with Crippen LogP contribution in [0.5, 0.6) is 5.75 Å². The Morgan fingerprint density at radius 2 is 1.88 bits per heavy atom. The van der Waals surface area contributed by atoms with Gasteiger partial charge in [0.25, 0.3) is 0 Å². The van der Waals surface area contributed by atoms with Gasteiger partial charge in [0.2, 0.25) is 0 Å². The van der Waals surface area contributed by atoms with Crippen LogP contribution in [0.2, 0.25) is 0 Å². The number of methoxy groups -OCH3 is 1. The molecule has 0 aliphatic carbocycles. The monoisotopic (exact) mass is 337 g/mol. The molecule has 0 N–H and O–H groups in total. The topological polar surface area (TPSA) is 36.0 Å². The van der Waals surface area contributed by atoms with Gasteiger partial charge in [-0.2, -0.15) is 0 Å². The average Bonchev–Trinajstić information content (AvgIpc) is 2.99. The summed E-state index contributed by atoms with van der Waals surface area (Å²) in [5.74, 6) is 0.891. The highest BCUT2D eigenvalue weighted by Gasteiger charge is 2.40. The number of carbonyl (C=O) groups excluding carboxylic acids is 1. The van der Waals surface area contributed by atoms with Gasteiger partial charge in [-0.05, 0) is 29.8 Å². The van der Waals surface area contributed by atoms with Gasteiger partial charge in [-0.1, -0.05) is 30.3 Å². The number of benzene rings is 2. The number of anilines is 1. The Bertz CT molecular complexity index is 750. The Balaban J connectivity index is 1.44. The summed E-state index contributed by atoms with van der Waals surface area (Å²) in [6, 6.07) is 18.6. The quantitative estimate of drug-likeness (QED) is 0.861. The minimum absolute atomic E-state index is 0.136. The van der Waals surface area contributed by atoms with E-state index in [2.05, 4.69) is 17.0 Å². The molecule has 1 atom stereocenters. The van der Waals surface area contributed by atoms with Crippen molar-refractivity contribution in [3.8, 4) is 5.75 Å². The molecule has 5 heteroatoms. The van der Waals surface area contributed by atoms with Gasteiger partial charge in [0.05, 0.1) is 13.2 Å². The summed E-state index contributed by atoms with van der Waals surface area (Å²) in [4.78, 5) is 19.1. The molecule has 4 rings (SSSR count). The molecule has 2 heterocycles. The van der Waals surface area contributed by atoms with E-state index in [-0.39, 0.29) is 12.1 Å². The summed E-state index contributed by atoms with van der Waals surface area (Å²) < 4.78 is 5.31. The van der Waals surface area contributed by atoms with Gasteiger partial charge in [0.1, 0.15) is 5.75 Å². The van der Waals surface area contributed by atoms with Crippen LogP contribution in [0.3, 0.4) is 0 Å². The molecule has 2 aliphatic heterocycles. The Morgan fingerprint density at radius 3 is 2.68 bits per heavy atom. The minimum atomic E-state index is 0.136. The highest BCUT2D eigenvalue weighted by atomic mass is 16.5. The molecular weight excluding hydrogens is 314 g/mol. The highest BCUT2D eigenvalue weighted by Crippen LogP contribution is 2.27. The van der Waals surface area contributed by atoms with E-state index in [1.165, 1.54) is 5.56 Å². The maximum atomic E-state index is 12.7. The van der Waals surface area contributed by atoms with Crippen LogP contribution in [-0.4, -0.2) is 55.2 Å². The number of hydrogen-bond donors (Lipinski definition) is 0. The summed E-state index contributed by atoms with van der Waals surface area (Å²) in [5.41, 5.74) is 2.23. The lowest BCUT2D eigenvalue weighted by atomic mass is 10.1. The molecule has 2 aromatic rings. The van der Waals surface area contributed by atoms with E-state index in [4.69, 9.17) is 4.74 Å². The zero-order chi connectivity index (χ0) is 17.2. The molecule has 0 spiro atoms. The zero-order valence-electron chi connectivity index (χ0n) is 14.5. The van der Waals surface area contributed by atoms with Crippen molar-refractivity contribution >= 4 is 11.7 Å². The van der Waals surface area contributed by atoms with Crippen LogP contribution in [0, 0.1) is 0 Å². The van der Waals surface area contributed by atoms with Gasteiger partial charge in [0, 0.05) is 38.4 Å². The zero-order valence-corrected chi connectivity index (χ0v) is 14.5. The summed E-state index contributed by atoms with van der Waals surface area (Å²) >= 11 is 0. The number of urea groups is 1. The van der Waals surface area contributed by atoms with Crippen LogP contribution in [0.1, 0.15) is 5.56 Å². The Labute approximate surface area is 148 Å². The van der Waals surface area contributed by atoms with Crippen LogP contribution in [0.15, 0.2) is 54.6 Å². The molecule has 0 radical (unpaired) electrons. The minimum Gasteiger partial charge on any atom is -0.497 e. The molecule has 1 unspecified atom stereocenters. The molecule has 0 bridgehead atoms. The number of carbonyl (C=O) groups is 1. The van der Waals surface area contributed by atoms with Crippen molar-refractivity contribution < 1.29 is 9.53 Å². The standard InChI is InChI=1S/C20H23N3O2/c1-25-19-9-5-6-16(12-19)13-21-10-11-22-18(14-21)15-23(20(22)24)17-7-3-2-4-8-17/h2-9,12,18H,10-11,13-15H2,1H3. The number of amides is 2. The molecule has 5 nitrogen and oxygen atoms in total. The van der Waals surface area contributed by atoms with Crippen molar-refractivity contribution in [3.63, 3.8) is 0 Å². The van der Waals surface area contributed by atoms with Gasteiger partial charge >= 0.3 is 6.03 Å². The molecule has 2 saturated heterocycles. The van der Waals surface area contributed by atoms with E-state index < -0.39 is 0 Å². The van der Waals surface area contributed by atoms with E-state index in [1.807, 2.05) is 52.3 Å². The lowest BCUT2D eigenvalue weighted by Gasteiger charge is -2.36. The largest absolute Gasteiger partial charge is 0.497 e. The summed E-state index contributed by atoms with van der Waals surface area (Å²) in [5, 5.41) is 0. The second kappa shape index (κ2) is 6.76. The Morgan fingerprint density at radius 1 is 1.04 bits per heavy atom. The second-order valence-electron chi connectivity index (χ2n) is 6.66. The number of nitrogens with zero attached hydrogens (tertiary/aromatic N) is 3. The number of ether oxygens (including phenoxy) is 1. The molecule has 2 amide bonds.